The predicted molar refractivity (Wildman–Crippen MR) is 116 cm³/mol. The summed E-state index contributed by atoms with van der Waals surface area (Å²) in [5.41, 5.74) is 1.84. The molecule has 1 saturated heterocycles. The van der Waals surface area contributed by atoms with Gasteiger partial charge in [-0.15, -0.1) is 11.3 Å². The van der Waals surface area contributed by atoms with Gasteiger partial charge in [-0.25, -0.2) is 9.78 Å². The van der Waals surface area contributed by atoms with Crippen LogP contribution >= 0.6 is 11.3 Å². The van der Waals surface area contributed by atoms with Crippen LogP contribution in [0.15, 0.2) is 60.0 Å². The Balaban J connectivity index is 1.29. The van der Waals surface area contributed by atoms with Gasteiger partial charge in [0.1, 0.15) is 11.5 Å². The summed E-state index contributed by atoms with van der Waals surface area (Å²) in [5.74, 6) is 1.46. The van der Waals surface area contributed by atoms with Crippen molar-refractivity contribution in [2.75, 3.05) is 31.5 Å². The number of thiazole rings is 1. The van der Waals surface area contributed by atoms with E-state index in [9.17, 15) is 4.79 Å². The lowest BCUT2D eigenvalue weighted by molar-refractivity contribution is 0.142. The smallest absolute Gasteiger partial charge is 0.321 e. The van der Waals surface area contributed by atoms with E-state index >= 15 is 0 Å². The highest BCUT2D eigenvalue weighted by Crippen LogP contribution is 2.24. The molecule has 0 bridgehead atoms. The SMILES string of the molecule is Cc1nc(CN2CCN(C(=O)Nc3cccc(Oc4ccccc4)c3)CC2)cs1. The van der Waals surface area contributed by atoms with Gasteiger partial charge in [0.2, 0.25) is 0 Å². The van der Waals surface area contributed by atoms with Crippen LogP contribution in [0.5, 0.6) is 11.5 Å². The maximum Gasteiger partial charge on any atom is 0.321 e. The van der Waals surface area contributed by atoms with Gasteiger partial charge in [-0.05, 0) is 31.2 Å². The summed E-state index contributed by atoms with van der Waals surface area (Å²) in [5, 5.41) is 6.19. The molecule has 1 aromatic heterocycles. The van der Waals surface area contributed by atoms with Crippen LogP contribution in [0.3, 0.4) is 0 Å². The molecular formula is C22H24N4O2S. The van der Waals surface area contributed by atoms with Gasteiger partial charge in [0.05, 0.1) is 10.7 Å². The van der Waals surface area contributed by atoms with Crippen molar-refractivity contribution < 1.29 is 9.53 Å². The van der Waals surface area contributed by atoms with Crippen LogP contribution in [0.25, 0.3) is 0 Å². The van der Waals surface area contributed by atoms with E-state index in [1.54, 1.807) is 11.3 Å². The molecule has 0 spiro atoms. The zero-order valence-electron chi connectivity index (χ0n) is 16.4. The third-order valence-corrected chi connectivity index (χ3v) is 5.60. The number of para-hydroxylation sites is 1. The fourth-order valence-electron chi connectivity index (χ4n) is 3.28. The second-order valence-electron chi connectivity index (χ2n) is 6.99. The molecule has 2 heterocycles. The van der Waals surface area contributed by atoms with Gasteiger partial charge in [0, 0.05) is 49.9 Å². The Morgan fingerprint density at radius 1 is 1.07 bits per heavy atom. The van der Waals surface area contributed by atoms with Gasteiger partial charge in [-0.1, -0.05) is 24.3 Å². The highest BCUT2D eigenvalue weighted by Gasteiger charge is 2.21. The molecule has 0 radical (unpaired) electrons. The van der Waals surface area contributed by atoms with E-state index in [0.717, 1.165) is 41.8 Å². The van der Waals surface area contributed by atoms with Crippen LogP contribution in [-0.2, 0) is 6.54 Å². The maximum absolute atomic E-state index is 12.7. The molecule has 6 nitrogen and oxygen atoms in total. The van der Waals surface area contributed by atoms with Crippen molar-refractivity contribution in [2.24, 2.45) is 0 Å². The van der Waals surface area contributed by atoms with Gasteiger partial charge in [-0.2, -0.15) is 0 Å². The van der Waals surface area contributed by atoms with Crippen molar-refractivity contribution in [3.05, 3.63) is 70.7 Å². The van der Waals surface area contributed by atoms with Crippen LogP contribution in [0.2, 0.25) is 0 Å². The van der Waals surface area contributed by atoms with Crippen molar-refractivity contribution in [1.29, 1.82) is 0 Å². The minimum Gasteiger partial charge on any atom is -0.457 e. The number of urea groups is 1. The number of carbonyl (C=O) groups excluding carboxylic acids is 1. The Bertz CT molecular complexity index is 952. The molecule has 1 N–H and O–H groups in total. The fourth-order valence-corrected chi connectivity index (χ4v) is 3.89. The Hall–Kier alpha value is -2.90. The summed E-state index contributed by atoms with van der Waals surface area (Å²) >= 11 is 1.68. The largest absolute Gasteiger partial charge is 0.457 e. The van der Waals surface area contributed by atoms with Crippen LogP contribution in [0.1, 0.15) is 10.7 Å². The molecule has 0 atom stereocenters. The zero-order valence-corrected chi connectivity index (χ0v) is 17.2. The zero-order chi connectivity index (χ0) is 20.1. The number of aromatic nitrogens is 1. The molecule has 0 aliphatic carbocycles. The molecule has 29 heavy (non-hydrogen) atoms. The normalized spacial score (nSPS) is 14.6. The first kappa shape index (κ1) is 19.4. The third kappa shape index (κ3) is 5.34. The van der Waals surface area contributed by atoms with Crippen molar-refractivity contribution in [2.45, 2.75) is 13.5 Å². The predicted octanol–water partition coefficient (Wildman–Crippen LogP) is 4.59. The van der Waals surface area contributed by atoms with Crippen molar-refractivity contribution in [1.82, 2.24) is 14.8 Å². The second-order valence-corrected chi connectivity index (χ2v) is 8.06. The van der Waals surface area contributed by atoms with E-state index in [1.807, 2.05) is 66.4 Å². The first-order valence-electron chi connectivity index (χ1n) is 9.68. The summed E-state index contributed by atoms with van der Waals surface area (Å²) in [4.78, 5) is 21.4. The second kappa shape index (κ2) is 9.07. The topological polar surface area (TPSA) is 57.7 Å². The number of benzene rings is 2. The molecule has 7 heteroatoms. The Morgan fingerprint density at radius 2 is 1.83 bits per heavy atom. The summed E-state index contributed by atoms with van der Waals surface area (Å²) in [6.07, 6.45) is 0. The number of nitrogens with zero attached hydrogens (tertiary/aromatic N) is 3. The van der Waals surface area contributed by atoms with Crippen molar-refractivity contribution in [3.8, 4) is 11.5 Å². The van der Waals surface area contributed by atoms with Crippen LogP contribution in [0, 0.1) is 6.92 Å². The quantitative estimate of drug-likeness (QED) is 0.671. The molecule has 3 aromatic rings. The molecule has 0 unspecified atom stereocenters. The van der Waals surface area contributed by atoms with Crippen LogP contribution in [-0.4, -0.2) is 47.0 Å². The van der Waals surface area contributed by atoms with Gasteiger partial charge >= 0.3 is 6.03 Å². The molecule has 1 aliphatic rings. The summed E-state index contributed by atoms with van der Waals surface area (Å²) in [6, 6.07) is 17.0. The highest BCUT2D eigenvalue weighted by atomic mass is 32.1. The maximum atomic E-state index is 12.7. The Morgan fingerprint density at radius 3 is 2.55 bits per heavy atom. The number of ether oxygens (including phenoxy) is 1. The van der Waals surface area contributed by atoms with Crippen molar-refractivity contribution >= 4 is 23.1 Å². The van der Waals surface area contributed by atoms with E-state index in [-0.39, 0.29) is 6.03 Å². The van der Waals surface area contributed by atoms with E-state index < -0.39 is 0 Å². The molecule has 2 amide bonds. The number of nitrogens with one attached hydrogen (secondary N) is 1. The first-order valence-corrected chi connectivity index (χ1v) is 10.6. The number of hydrogen-bond donors (Lipinski definition) is 1. The van der Waals surface area contributed by atoms with E-state index in [1.165, 1.54) is 0 Å². The molecule has 1 fully saturated rings. The summed E-state index contributed by atoms with van der Waals surface area (Å²) in [6.45, 7) is 5.97. The average molecular weight is 409 g/mol. The molecule has 1 aliphatic heterocycles. The lowest BCUT2D eigenvalue weighted by atomic mass is 10.3. The van der Waals surface area contributed by atoms with Gasteiger partial charge in [0.15, 0.2) is 0 Å². The lowest BCUT2D eigenvalue weighted by Gasteiger charge is -2.34. The minimum absolute atomic E-state index is 0.0778. The standard InChI is InChI=1S/C22H24N4O2S/c1-17-23-19(16-29-17)15-25-10-12-26(13-11-25)22(27)24-18-6-5-9-21(14-18)28-20-7-3-2-4-8-20/h2-9,14,16H,10-13,15H2,1H3,(H,24,27). The molecule has 0 saturated carbocycles. The van der Waals surface area contributed by atoms with Crippen molar-refractivity contribution in [3.63, 3.8) is 0 Å². The number of amides is 2. The molecule has 150 valence electrons. The van der Waals surface area contributed by atoms with E-state index in [2.05, 4.69) is 20.6 Å². The highest BCUT2D eigenvalue weighted by molar-refractivity contribution is 7.09. The summed E-state index contributed by atoms with van der Waals surface area (Å²) < 4.78 is 5.84. The van der Waals surface area contributed by atoms with E-state index in [0.29, 0.717) is 18.8 Å². The third-order valence-electron chi connectivity index (χ3n) is 4.78. The Labute approximate surface area is 174 Å². The lowest BCUT2D eigenvalue weighted by Crippen LogP contribution is -2.49. The number of hydrogen-bond acceptors (Lipinski definition) is 5. The number of anilines is 1. The van der Waals surface area contributed by atoms with E-state index in [4.69, 9.17) is 4.74 Å². The number of rotatable bonds is 5. The summed E-state index contributed by atoms with van der Waals surface area (Å²) in [7, 11) is 0. The minimum atomic E-state index is -0.0778. The fraction of sp³-hybridized carbons (Fsp3) is 0.273. The van der Waals surface area contributed by atoms with Gasteiger partial charge in [0.25, 0.3) is 0 Å². The van der Waals surface area contributed by atoms with Gasteiger partial charge in [-0.3, -0.25) is 4.90 Å². The molecule has 4 rings (SSSR count). The van der Waals surface area contributed by atoms with Gasteiger partial charge < -0.3 is 15.0 Å². The molecular weight excluding hydrogens is 384 g/mol. The average Bonchev–Trinajstić information content (AvgIpc) is 3.14. The number of carbonyl (C=O) groups is 1. The number of aryl methyl sites for hydroxylation is 1. The monoisotopic (exact) mass is 408 g/mol. The van der Waals surface area contributed by atoms with Crippen LogP contribution < -0.4 is 10.1 Å². The first-order chi connectivity index (χ1) is 14.2. The number of piperazine rings is 1. The molecule has 2 aromatic carbocycles. The Kier molecular flexibility index (Phi) is 6.07. The van der Waals surface area contributed by atoms with Crippen LogP contribution in [0.4, 0.5) is 10.5 Å².